The molecule has 1 N–H and O–H groups in total. The maximum atomic E-state index is 13.9. The van der Waals surface area contributed by atoms with Crippen molar-refractivity contribution in [1.82, 2.24) is 19.5 Å². The Morgan fingerprint density at radius 2 is 2.00 bits per heavy atom. The largest absolute Gasteiger partial charge is 0.345 e. The molecule has 0 bridgehead atoms. The van der Waals surface area contributed by atoms with Crippen LogP contribution in [0.3, 0.4) is 0 Å². The van der Waals surface area contributed by atoms with E-state index in [0.717, 1.165) is 6.92 Å². The fourth-order valence-electron chi connectivity index (χ4n) is 3.83. The van der Waals surface area contributed by atoms with Crippen LogP contribution in [0.2, 0.25) is 0 Å². The van der Waals surface area contributed by atoms with E-state index in [-0.39, 0.29) is 17.6 Å². The number of aryl methyl sites for hydroxylation is 1. The van der Waals surface area contributed by atoms with Gasteiger partial charge in [-0.1, -0.05) is 0 Å². The number of carbonyl (C=O) groups excluding carboxylic acids is 1. The Bertz CT molecular complexity index is 1170. The molecule has 0 unspecified atom stereocenters. The van der Waals surface area contributed by atoms with Crippen molar-refractivity contribution in [2.24, 2.45) is 0 Å². The van der Waals surface area contributed by atoms with E-state index in [1.807, 2.05) is 4.57 Å². The normalized spacial score (nSPS) is 18.8. The maximum absolute atomic E-state index is 13.9. The van der Waals surface area contributed by atoms with Crippen molar-refractivity contribution in [3.63, 3.8) is 0 Å². The maximum Gasteiger partial charge on any atom is 0.345 e. The number of rotatable bonds is 6. The lowest BCUT2D eigenvalue weighted by Crippen LogP contribution is -2.34. The highest BCUT2D eigenvalue weighted by atomic mass is 19.3. The topological polar surface area (TPSA) is 81.9 Å². The van der Waals surface area contributed by atoms with Gasteiger partial charge in [0.1, 0.15) is 5.82 Å². The van der Waals surface area contributed by atoms with E-state index in [4.69, 9.17) is 0 Å². The first-order chi connectivity index (χ1) is 15.0. The van der Waals surface area contributed by atoms with Crippen LogP contribution in [0.5, 0.6) is 0 Å². The van der Waals surface area contributed by atoms with Gasteiger partial charge in [-0.3, -0.25) is 4.79 Å². The highest BCUT2D eigenvalue weighted by Gasteiger charge is 2.35. The average molecular weight is 451 g/mol. The Labute approximate surface area is 180 Å². The van der Waals surface area contributed by atoms with Gasteiger partial charge < -0.3 is 14.6 Å². The molecule has 0 aliphatic heterocycles. The second kappa shape index (κ2) is 8.12. The first-order valence-electron chi connectivity index (χ1n) is 9.97. The third-order valence-electron chi connectivity index (χ3n) is 5.31. The van der Waals surface area contributed by atoms with E-state index in [1.54, 1.807) is 31.5 Å². The molecule has 0 spiro atoms. The second-order valence-corrected chi connectivity index (χ2v) is 7.97. The number of pyridine rings is 1. The van der Waals surface area contributed by atoms with Crippen molar-refractivity contribution < 1.29 is 27.1 Å². The van der Waals surface area contributed by atoms with Crippen molar-refractivity contribution in [2.45, 2.75) is 58.3 Å². The van der Waals surface area contributed by atoms with Gasteiger partial charge in [0.05, 0.1) is 23.5 Å². The van der Waals surface area contributed by atoms with Crippen LogP contribution in [0.25, 0.3) is 22.2 Å². The number of alkyl halides is 4. The molecule has 4 rings (SSSR count). The molecule has 1 amide bonds. The Hall–Kier alpha value is -3.08. The van der Waals surface area contributed by atoms with E-state index in [9.17, 15) is 22.4 Å². The molecule has 32 heavy (non-hydrogen) atoms. The summed E-state index contributed by atoms with van der Waals surface area (Å²) in [6.07, 6.45) is 3.49. The van der Waals surface area contributed by atoms with Crippen molar-refractivity contribution >= 4 is 22.6 Å². The zero-order valence-corrected chi connectivity index (χ0v) is 17.6. The van der Waals surface area contributed by atoms with Gasteiger partial charge in [0.15, 0.2) is 5.82 Å². The lowest BCUT2D eigenvalue weighted by Gasteiger charge is -2.36. The SMILES string of the molecule is CC(=O)Nc1cc2c(-c3cc(C)nc(C(C)(F)F)n3)cn(C3CC(OC(F)F)C3)c2cn1. The number of fused-ring (bicyclic) bond motifs is 1. The molecule has 1 fully saturated rings. The van der Waals surface area contributed by atoms with Crippen LogP contribution in [0.1, 0.15) is 44.2 Å². The predicted molar refractivity (Wildman–Crippen MR) is 109 cm³/mol. The van der Waals surface area contributed by atoms with Gasteiger partial charge in [-0.2, -0.15) is 17.6 Å². The highest BCUT2D eigenvalue weighted by molar-refractivity contribution is 5.98. The van der Waals surface area contributed by atoms with E-state index in [0.29, 0.717) is 40.8 Å². The Morgan fingerprint density at radius 3 is 2.62 bits per heavy atom. The minimum absolute atomic E-state index is 0.126. The third-order valence-corrected chi connectivity index (χ3v) is 5.31. The zero-order chi connectivity index (χ0) is 23.2. The summed E-state index contributed by atoms with van der Waals surface area (Å²) >= 11 is 0. The minimum Gasteiger partial charge on any atom is -0.342 e. The Balaban J connectivity index is 1.81. The molecular formula is C21H21F4N5O2. The molecule has 3 aromatic rings. The molecule has 1 aliphatic carbocycles. The van der Waals surface area contributed by atoms with Crippen LogP contribution in [0.15, 0.2) is 24.5 Å². The summed E-state index contributed by atoms with van der Waals surface area (Å²) < 4.78 is 59.3. The molecule has 1 aliphatic rings. The minimum atomic E-state index is -3.23. The molecule has 0 atom stereocenters. The molecule has 3 heterocycles. The molecule has 1 saturated carbocycles. The van der Waals surface area contributed by atoms with Gasteiger partial charge in [0.25, 0.3) is 0 Å². The van der Waals surface area contributed by atoms with Crippen molar-refractivity contribution in [3.05, 3.63) is 36.0 Å². The van der Waals surface area contributed by atoms with Crippen LogP contribution in [-0.4, -0.2) is 38.1 Å². The van der Waals surface area contributed by atoms with Gasteiger partial charge in [-0.25, -0.2) is 15.0 Å². The van der Waals surface area contributed by atoms with Crippen LogP contribution < -0.4 is 5.32 Å². The van der Waals surface area contributed by atoms with Gasteiger partial charge in [0, 0.05) is 42.7 Å². The van der Waals surface area contributed by atoms with Crippen LogP contribution >= 0.6 is 0 Å². The van der Waals surface area contributed by atoms with Crippen molar-refractivity contribution in [1.29, 1.82) is 0 Å². The standard InChI is InChI=1S/C21H21F4N5O2/c1-10-4-16(29-19(27-10)21(3,24)25)15-9-30(12-5-13(6-12)32-20(22)23)17-8-26-18(7-14(15)17)28-11(2)31/h4,7-9,12-13,20H,5-6H2,1-3H3,(H,26,28,31). The van der Waals surface area contributed by atoms with Crippen LogP contribution in [0, 0.1) is 6.92 Å². The van der Waals surface area contributed by atoms with E-state index < -0.39 is 24.5 Å². The second-order valence-electron chi connectivity index (χ2n) is 7.97. The summed E-state index contributed by atoms with van der Waals surface area (Å²) in [5.41, 5.74) is 1.87. The fourth-order valence-corrected chi connectivity index (χ4v) is 3.83. The summed E-state index contributed by atoms with van der Waals surface area (Å²) in [6, 6.07) is 3.10. The first kappa shape index (κ1) is 22.1. The Kier molecular flexibility index (Phi) is 5.61. The highest BCUT2D eigenvalue weighted by Crippen LogP contribution is 2.41. The summed E-state index contributed by atoms with van der Waals surface area (Å²) in [5, 5.41) is 3.23. The zero-order valence-electron chi connectivity index (χ0n) is 17.6. The molecule has 170 valence electrons. The number of carbonyl (C=O) groups is 1. The van der Waals surface area contributed by atoms with Crippen molar-refractivity contribution in [2.75, 3.05) is 5.32 Å². The predicted octanol–water partition coefficient (Wildman–Crippen LogP) is 4.81. The average Bonchev–Trinajstić information content (AvgIpc) is 3.01. The van der Waals surface area contributed by atoms with E-state index in [1.165, 1.54) is 6.92 Å². The van der Waals surface area contributed by atoms with Gasteiger partial charge in [-0.05, 0) is 31.9 Å². The van der Waals surface area contributed by atoms with Crippen LogP contribution in [0.4, 0.5) is 23.4 Å². The number of halogens is 4. The number of ether oxygens (including phenoxy) is 1. The molecular weight excluding hydrogens is 430 g/mol. The number of anilines is 1. The number of hydrogen-bond donors (Lipinski definition) is 1. The Morgan fingerprint density at radius 1 is 1.28 bits per heavy atom. The molecule has 3 aromatic heterocycles. The van der Waals surface area contributed by atoms with E-state index in [2.05, 4.69) is 25.0 Å². The quantitative estimate of drug-likeness (QED) is 0.544. The van der Waals surface area contributed by atoms with E-state index >= 15 is 0 Å². The van der Waals surface area contributed by atoms with Crippen molar-refractivity contribution in [3.8, 4) is 11.3 Å². The lowest BCUT2D eigenvalue weighted by molar-refractivity contribution is -0.188. The molecule has 7 nitrogen and oxygen atoms in total. The van der Waals surface area contributed by atoms with Crippen LogP contribution in [-0.2, 0) is 15.5 Å². The molecule has 11 heteroatoms. The summed E-state index contributed by atoms with van der Waals surface area (Å²) in [4.78, 5) is 23.6. The smallest absolute Gasteiger partial charge is 0.342 e. The number of aromatic nitrogens is 4. The molecule has 0 aromatic carbocycles. The van der Waals surface area contributed by atoms with Gasteiger partial charge in [-0.15, -0.1) is 0 Å². The molecule has 0 saturated heterocycles. The van der Waals surface area contributed by atoms with Gasteiger partial charge >= 0.3 is 12.5 Å². The summed E-state index contributed by atoms with van der Waals surface area (Å²) in [7, 11) is 0. The summed E-state index contributed by atoms with van der Waals surface area (Å²) in [5.74, 6) is -3.84. The number of amides is 1. The lowest BCUT2D eigenvalue weighted by atomic mass is 9.89. The third kappa shape index (κ3) is 4.43. The number of nitrogens with one attached hydrogen (secondary N) is 1. The monoisotopic (exact) mass is 451 g/mol. The first-order valence-corrected chi connectivity index (χ1v) is 9.97. The fraction of sp³-hybridized carbons (Fsp3) is 0.429. The van der Waals surface area contributed by atoms with Gasteiger partial charge in [0.2, 0.25) is 5.91 Å². The number of hydrogen-bond acceptors (Lipinski definition) is 5. The molecule has 0 radical (unpaired) electrons. The number of nitrogens with zero attached hydrogens (tertiary/aromatic N) is 4. The summed E-state index contributed by atoms with van der Waals surface area (Å²) in [6.45, 7) is 0.837.